The number of rotatable bonds is 5. The lowest BCUT2D eigenvalue weighted by molar-refractivity contribution is -0.626. The van der Waals surface area contributed by atoms with Gasteiger partial charge in [-0.05, 0) is 6.08 Å². The summed E-state index contributed by atoms with van der Waals surface area (Å²) in [6.07, 6.45) is 2.30. The second-order valence-corrected chi connectivity index (χ2v) is 2.05. The molecule has 0 radical (unpaired) electrons. The number of nitrogens with one attached hydrogen (secondary N) is 1. The average Bonchev–Trinajstić information content (AvgIpc) is 1.98. The summed E-state index contributed by atoms with van der Waals surface area (Å²) in [4.78, 5) is 10.5. The van der Waals surface area contributed by atoms with Crippen LogP contribution in [0.15, 0.2) is 12.7 Å². The maximum absolute atomic E-state index is 10.5. The van der Waals surface area contributed by atoms with Crippen LogP contribution >= 0.6 is 0 Å². The van der Waals surface area contributed by atoms with Gasteiger partial charge in [0.15, 0.2) is 0 Å². The lowest BCUT2D eigenvalue weighted by atomic mass is 10.4. The highest BCUT2D eigenvalue weighted by atomic mass is 16.1. The summed E-state index contributed by atoms with van der Waals surface area (Å²) in [5.74, 6) is -0.0869. The molecule has 0 aromatic rings. The van der Waals surface area contributed by atoms with Crippen LogP contribution in [0.3, 0.4) is 0 Å². The van der Waals surface area contributed by atoms with Gasteiger partial charge in [0.1, 0.15) is 0 Å². The van der Waals surface area contributed by atoms with Gasteiger partial charge < -0.3 is 10.6 Å². The minimum Gasteiger partial charge on any atom is -0.352 e. The SMILES string of the molecule is C=CC(=O)NCCC[NH2+]C. The predicted molar refractivity (Wildman–Crippen MR) is 40.5 cm³/mol. The van der Waals surface area contributed by atoms with Crippen LogP contribution < -0.4 is 10.6 Å². The summed E-state index contributed by atoms with van der Waals surface area (Å²) in [6, 6.07) is 0. The maximum Gasteiger partial charge on any atom is 0.243 e. The Labute approximate surface area is 61.5 Å². The third kappa shape index (κ3) is 5.31. The van der Waals surface area contributed by atoms with E-state index < -0.39 is 0 Å². The molecule has 0 bridgehead atoms. The zero-order chi connectivity index (χ0) is 7.82. The summed E-state index contributed by atoms with van der Waals surface area (Å²) in [5.41, 5.74) is 0. The molecule has 0 unspecified atom stereocenters. The van der Waals surface area contributed by atoms with Crippen molar-refractivity contribution in [1.29, 1.82) is 0 Å². The van der Waals surface area contributed by atoms with Crippen molar-refractivity contribution in [2.24, 2.45) is 0 Å². The van der Waals surface area contributed by atoms with Gasteiger partial charge in [-0.3, -0.25) is 4.79 Å². The van der Waals surface area contributed by atoms with Crippen LogP contribution in [0.2, 0.25) is 0 Å². The summed E-state index contributed by atoms with van der Waals surface area (Å²) in [6.45, 7) is 5.14. The molecule has 0 saturated carbocycles. The van der Waals surface area contributed by atoms with Crippen molar-refractivity contribution in [2.75, 3.05) is 20.1 Å². The highest BCUT2D eigenvalue weighted by Crippen LogP contribution is 1.70. The van der Waals surface area contributed by atoms with Crippen LogP contribution in [0, 0.1) is 0 Å². The molecule has 10 heavy (non-hydrogen) atoms. The molecule has 0 spiro atoms. The lowest BCUT2D eigenvalue weighted by Crippen LogP contribution is -2.79. The maximum atomic E-state index is 10.5. The first-order valence-corrected chi connectivity index (χ1v) is 3.49. The lowest BCUT2D eigenvalue weighted by Gasteiger charge is -1.98. The van der Waals surface area contributed by atoms with E-state index >= 15 is 0 Å². The Bertz CT molecular complexity index is 112. The van der Waals surface area contributed by atoms with Crippen molar-refractivity contribution in [3.8, 4) is 0 Å². The van der Waals surface area contributed by atoms with Crippen molar-refractivity contribution in [2.45, 2.75) is 6.42 Å². The fourth-order valence-electron chi connectivity index (χ4n) is 0.590. The Morgan fingerprint density at radius 2 is 2.50 bits per heavy atom. The Balaban J connectivity index is 3.03. The summed E-state index contributed by atoms with van der Waals surface area (Å²) in [5, 5.41) is 4.77. The van der Waals surface area contributed by atoms with Gasteiger partial charge in [0.05, 0.1) is 13.6 Å². The van der Waals surface area contributed by atoms with E-state index in [1.807, 2.05) is 7.05 Å². The van der Waals surface area contributed by atoms with Gasteiger partial charge >= 0.3 is 0 Å². The Kier molecular flexibility index (Phi) is 5.77. The van der Waals surface area contributed by atoms with Gasteiger partial charge in [-0.25, -0.2) is 0 Å². The molecule has 0 fully saturated rings. The Morgan fingerprint density at radius 1 is 1.80 bits per heavy atom. The minimum atomic E-state index is -0.0869. The van der Waals surface area contributed by atoms with Crippen molar-refractivity contribution in [3.63, 3.8) is 0 Å². The molecule has 0 heterocycles. The van der Waals surface area contributed by atoms with Crippen LogP contribution in [0.5, 0.6) is 0 Å². The molecule has 0 aliphatic carbocycles. The van der Waals surface area contributed by atoms with E-state index in [2.05, 4.69) is 17.2 Å². The second kappa shape index (κ2) is 6.29. The van der Waals surface area contributed by atoms with E-state index in [9.17, 15) is 4.79 Å². The molecule has 0 aliphatic heterocycles. The molecule has 1 amide bonds. The van der Waals surface area contributed by atoms with Gasteiger partial charge in [-0.2, -0.15) is 0 Å². The van der Waals surface area contributed by atoms with Gasteiger partial charge in [-0.1, -0.05) is 6.58 Å². The number of hydrogen-bond acceptors (Lipinski definition) is 1. The molecule has 3 heteroatoms. The molecule has 0 aliphatic rings. The normalized spacial score (nSPS) is 8.90. The number of hydrogen-bond donors (Lipinski definition) is 2. The zero-order valence-corrected chi connectivity index (χ0v) is 6.39. The summed E-state index contributed by atoms with van der Waals surface area (Å²) in [7, 11) is 2.01. The third-order valence-electron chi connectivity index (χ3n) is 1.15. The van der Waals surface area contributed by atoms with Crippen LogP contribution in [0.4, 0.5) is 0 Å². The fraction of sp³-hybridized carbons (Fsp3) is 0.571. The topological polar surface area (TPSA) is 45.7 Å². The van der Waals surface area contributed by atoms with E-state index in [1.165, 1.54) is 6.08 Å². The predicted octanol–water partition coefficient (Wildman–Crippen LogP) is -1.13. The minimum absolute atomic E-state index is 0.0869. The van der Waals surface area contributed by atoms with E-state index in [0.29, 0.717) is 0 Å². The van der Waals surface area contributed by atoms with E-state index in [4.69, 9.17) is 0 Å². The van der Waals surface area contributed by atoms with E-state index in [1.54, 1.807) is 0 Å². The molecule has 58 valence electrons. The van der Waals surface area contributed by atoms with Gasteiger partial charge in [0.2, 0.25) is 5.91 Å². The second-order valence-electron chi connectivity index (χ2n) is 2.05. The number of nitrogens with two attached hydrogens (primary N) is 1. The Morgan fingerprint density at radius 3 is 3.00 bits per heavy atom. The van der Waals surface area contributed by atoms with Crippen LogP contribution in [-0.2, 0) is 4.79 Å². The highest BCUT2D eigenvalue weighted by molar-refractivity contribution is 5.86. The van der Waals surface area contributed by atoms with Crippen molar-refractivity contribution in [3.05, 3.63) is 12.7 Å². The van der Waals surface area contributed by atoms with Crippen molar-refractivity contribution in [1.82, 2.24) is 5.32 Å². The van der Waals surface area contributed by atoms with Crippen molar-refractivity contribution < 1.29 is 10.1 Å². The number of quaternary nitrogens is 1. The van der Waals surface area contributed by atoms with Crippen molar-refractivity contribution >= 4 is 5.91 Å². The van der Waals surface area contributed by atoms with Crippen LogP contribution in [0.1, 0.15) is 6.42 Å². The first kappa shape index (κ1) is 9.17. The average molecular weight is 143 g/mol. The molecule has 3 nitrogen and oxygen atoms in total. The van der Waals surface area contributed by atoms with Gasteiger partial charge in [0, 0.05) is 13.0 Å². The highest BCUT2D eigenvalue weighted by Gasteiger charge is 1.91. The first-order valence-electron chi connectivity index (χ1n) is 3.49. The summed E-state index contributed by atoms with van der Waals surface area (Å²) < 4.78 is 0. The van der Waals surface area contributed by atoms with E-state index in [-0.39, 0.29) is 5.91 Å². The number of carbonyl (C=O) groups excluding carboxylic acids is 1. The zero-order valence-electron chi connectivity index (χ0n) is 6.39. The molecule has 0 aromatic heterocycles. The van der Waals surface area contributed by atoms with Crippen LogP contribution in [0.25, 0.3) is 0 Å². The van der Waals surface area contributed by atoms with Gasteiger partial charge in [-0.15, -0.1) is 0 Å². The van der Waals surface area contributed by atoms with E-state index in [0.717, 1.165) is 19.5 Å². The number of carbonyl (C=O) groups is 1. The molecule has 3 N–H and O–H groups in total. The molecule has 0 aromatic carbocycles. The third-order valence-corrected chi connectivity index (χ3v) is 1.15. The molecule has 0 saturated heterocycles. The van der Waals surface area contributed by atoms with Crippen LogP contribution in [-0.4, -0.2) is 26.0 Å². The number of amides is 1. The smallest absolute Gasteiger partial charge is 0.243 e. The quantitative estimate of drug-likeness (QED) is 0.371. The Hall–Kier alpha value is -0.830. The first-order chi connectivity index (χ1) is 4.81. The summed E-state index contributed by atoms with van der Waals surface area (Å²) >= 11 is 0. The molecule has 0 atom stereocenters. The standard InChI is InChI=1S/C7H14N2O/c1-3-7(10)9-6-4-5-8-2/h3,8H,1,4-6H2,2H3,(H,9,10)/p+1. The van der Waals surface area contributed by atoms with Gasteiger partial charge in [0.25, 0.3) is 0 Å². The fourth-order valence-corrected chi connectivity index (χ4v) is 0.590. The molecular formula is C7H15N2O+. The molecule has 0 rings (SSSR count). The molecular weight excluding hydrogens is 128 g/mol. The largest absolute Gasteiger partial charge is 0.352 e. The monoisotopic (exact) mass is 143 g/mol.